The molecule has 0 fully saturated rings. The van der Waals surface area contributed by atoms with Crippen molar-refractivity contribution in [3.8, 4) is 0 Å². The van der Waals surface area contributed by atoms with Gasteiger partial charge < -0.3 is 19.3 Å². The molecule has 2 atom stereocenters. The lowest BCUT2D eigenvalue weighted by molar-refractivity contribution is -0.161. The van der Waals surface area contributed by atoms with Crippen LogP contribution in [0.5, 0.6) is 0 Å². The minimum atomic E-state index is -4.37. The number of hydrogen-bond donors (Lipinski definition) is 1. The van der Waals surface area contributed by atoms with Gasteiger partial charge in [-0.25, -0.2) is 4.57 Å². The highest BCUT2D eigenvalue weighted by Crippen LogP contribution is 2.43. The number of ether oxygens (including phenoxy) is 2. The van der Waals surface area contributed by atoms with Crippen LogP contribution in [0.25, 0.3) is 0 Å². The summed E-state index contributed by atoms with van der Waals surface area (Å²) in [5, 5.41) is 0. The van der Waals surface area contributed by atoms with Crippen LogP contribution in [0.15, 0.2) is 48.6 Å². The largest absolute Gasteiger partial charge is 0.472 e. The van der Waals surface area contributed by atoms with E-state index < -0.39 is 32.5 Å². The van der Waals surface area contributed by atoms with E-state index in [2.05, 4.69) is 62.5 Å². The molecule has 0 radical (unpaired) electrons. The van der Waals surface area contributed by atoms with Gasteiger partial charge in [-0.1, -0.05) is 127 Å². The maximum absolute atomic E-state index is 12.6. The SMILES string of the molecule is CCCCC/C=C\C/C=C\C/C=C\CCCCCCC(=O)OCC(COP(=O)(O)OCCN(C)C)OC(=O)CCCCCCC/C=C\CCCCCC. The van der Waals surface area contributed by atoms with Crippen molar-refractivity contribution in [1.29, 1.82) is 0 Å². The van der Waals surface area contributed by atoms with E-state index in [4.69, 9.17) is 18.5 Å². The molecule has 1 N–H and O–H groups in total. The minimum Gasteiger partial charge on any atom is -0.462 e. The maximum Gasteiger partial charge on any atom is 0.472 e. The van der Waals surface area contributed by atoms with Gasteiger partial charge in [0.25, 0.3) is 0 Å². The zero-order valence-corrected chi connectivity index (χ0v) is 35.1. The van der Waals surface area contributed by atoms with Crippen LogP contribution < -0.4 is 0 Å². The Labute approximate surface area is 324 Å². The molecule has 0 saturated heterocycles. The molecule has 0 spiro atoms. The van der Waals surface area contributed by atoms with Crippen LogP contribution in [0.2, 0.25) is 0 Å². The van der Waals surface area contributed by atoms with Gasteiger partial charge >= 0.3 is 19.8 Å². The summed E-state index contributed by atoms with van der Waals surface area (Å²) in [5.74, 6) is -0.841. The third-order valence-corrected chi connectivity index (χ3v) is 9.59. The predicted octanol–water partition coefficient (Wildman–Crippen LogP) is 11.8. The molecule has 0 aromatic carbocycles. The highest BCUT2D eigenvalue weighted by Gasteiger charge is 2.26. The fourth-order valence-electron chi connectivity index (χ4n) is 5.33. The molecule has 0 heterocycles. The first-order valence-electron chi connectivity index (χ1n) is 20.9. The first kappa shape index (κ1) is 51.0. The van der Waals surface area contributed by atoms with Crippen LogP contribution in [0.3, 0.4) is 0 Å². The van der Waals surface area contributed by atoms with Crippen molar-refractivity contribution in [2.24, 2.45) is 0 Å². The van der Waals surface area contributed by atoms with Crippen molar-refractivity contribution >= 4 is 19.8 Å². The highest BCUT2D eigenvalue weighted by molar-refractivity contribution is 7.47. The van der Waals surface area contributed by atoms with Crippen LogP contribution >= 0.6 is 7.82 Å². The Hall–Kier alpha value is -2.03. The molecular weight excluding hydrogens is 689 g/mol. The van der Waals surface area contributed by atoms with E-state index in [1.165, 1.54) is 57.8 Å². The molecule has 10 heteroatoms. The minimum absolute atomic E-state index is 0.000543. The fourth-order valence-corrected chi connectivity index (χ4v) is 6.08. The van der Waals surface area contributed by atoms with Gasteiger partial charge in [-0.15, -0.1) is 0 Å². The fraction of sp³-hybridized carbons (Fsp3) is 0.767. The Morgan fingerprint density at radius 1 is 0.585 bits per heavy atom. The number of carbonyl (C=O) groups excluding carboxylic acids is 2. The highest BCUT2D eigenvalue weighted by atomic mass is 31.2. The number of hydrogen-bond acceptors (Lipinski definition) is 8. The summed E-state index contributed by atoms with van der Waals surface area (Å²) in [6, 6.07) is 0. The molecule has 0 aromatic rings. The molecule has 0 aliphatic carbocycles. The topological polar surface area (TPSA) is 112 Å². The van der Waals surface area contributed by atoms with Crippen LogP contribution in [-0.4, -0.2) is 68.3 Å². The van der Waals surface area contributed by atoms with Gasteiger partial charge in [0.2, 0.25) is 0 Å². The molecule has 0 rings (SSSR count). The molecule has 308 valence electrons. The quantitative estimate of drug-likeness (QED) is 0.0284. The van der Waals surface area contributed by atoms with Gasteiger partial charge in [0.15, 0.2) is 6.10 Å². The molecular formula is C43H78NO8P. The van der Waals surface area contributed by atoms with Crippen molar-refractivity contribution in [2.45, 2.75) is 174 Å². The number of phosphoric acid groups is 1. The lowest BCUT2D eigenvalue weighted by Gasteiger charge is -2.20. The average molecular weight is 768 g/mol. The van der Waals surface area contributed by atoms with Crippen molar-refractivity contribution < 1.29 is 37.6 Å². The summed E-state index contributed by atoms with van der Waals surface area (Å²) in [6.45, 7) is 4.23. The number of unbranched alkanes of at least 4 members (excludes halogenated alkanes) is 16. The molecule has 2 unspecified atom stereocenters. The Morgan fingerprint density at radius 3 is 1.57 bits per heavy atom. The second kappa shape index (κ2) is 38.3. The molecule has 0 amide bonds. The third-order valence-electron chi connectivity index (χ3n) is 8.61. The Kier molecular flexibility index (Phi) is 36.8. The van der Waals surface area contributed by atoms with Gasteiger partial charge in [0.05, 0.1) is 13.2 Å². The zero-order chi connectivity index (χ0) is 39.1. The Balaban J connectivity index is 4.37. The van der Waals surface area contributed by atoms with E-state index in [9.17, 15) is 19.0 Å². The van der Waals surface area contributed by atoms with Gasteiger partial charge in [-0.05, 0) is 91.1 Å². The first-order chi connectivity index (χ1) is 25.7. The van der Waals surface area contributed by atoms with Gasteiger partial charge in [-0.3, -0.25) is 18.6 Å². The lowest BCUT2D eigenvalue weighted by Crippen LogP contribution is -2.29. The monoisotopic (exact) mass is 768 g/mol. The van der Waals surface area contributed by atoms with Gasteiger partial charge in [0, 0.05) is 19.4 Å². The summed E-state index contributed by atoms with van der Waals surface area (Å²) in [4.78, 5) is 36.9. The van der Waals surface area contributed by atoms with E-state index in [-0.39, 0.29) is 26.1 Å². The normalized spacial score (nSPS) is 13.9. The molecule has 0 saturated carbocycles. The Morgan fingerprint density at radius 2 is 1.02 bits per heavy atom. The van der Waals surface area contributed by atoms with E-state index in [1.54, 1.807) is 0 Å². The second-order valence-corrected chi connectivity index (χ2v) is 15.6. The number of phosphoric ester groups is 1. The summed E-state index contributed by atoms with van der Waals surface area (Å²) in [5.41, 5.74) is 0. The zero-order valence-electron chi connectivity index (χ0n) is 34.2. The number of likely N-dealkylation sites (N-methyl/N-ethyl adjacent to an activating group) is 1. The first-order valence-corrected chi connectivity index (χ1v) is 22.4. The number of allylic oxidation sites excluding steroid dienone is 8. The van der Waals surface area contributed by atoms with Crippen LogP contribution in [0, 0.1) is 0 Å². The molecule has 0 bridgehead atoms. The van der Waals surface area contributed by atoms with Crippen molar-refractivity contribution in [2.75, 3.05) is 40.5 Å². The second-order valence-electron chi connectivity index (χ2n) is 14.2. The van der Waals surface area contributed by atoms with Gasteiger partial charge in [-0.2, -0.15) is 0 Å². The molecule has 0 aliphatic rings. The van der Waals surface area contributed by atoms with E-state index >= 15 is 0 Å². The number of rotatable bonds is 38. The van der Waals surface area contributed by atoms with E-state index in [0.29, 0.717) is 19.4 Å². The summed E-state index contributed by atoms with van der Waals surface area (Å²) < 4.78 is 33.4. The smallest absolute Gasteiger partial charge is 0.462 e. The van der Waals surface area contributed by atoms with Crippen molar-refractivity contribution in [3.05, 3.63) is 48.6 Å². The van der Waals surface area contributed by atoms with Crippen molar-refractivity contribution in [3.63, 3.8) is 0 Å². The maximum atomic E-state index is 12.6. The lowest BCUT2D eigenvalue weighted by atomic mass is 10.1. The predicted molar refractivity (Wildman–Crippen MR) is 220 cm³/mol. The number of esters is 2. The molecule has 0 aliphatic heterocycles. The Bertz CT molecular complexity index is 1030. The van der Waals surface area contributed by atoms with Crippen molar-refractivity contribution in [1.82, 2.24) is 4.90 Å². The summed E-state index contributed by atoms with van der Waals surface area (Å²) >= 11 is 0. The van der Waals surface area contributed by atoms with E-state index in [0.717, 1.165) is 70.6 Å². The average Bonchev–Trinajstić information content (AvgIpc) is 3.12. The molecule has 53 heavy (non-hydrogen) atoms. The van der Waals surface area contributed by atoms with Crippen LogP contribution in [0.4, 0.5) is 0 Å². The molecule has 0 aromatic heterocycles. The van der Waals surface area contributed by atoms with Crippen LogP contribution in [-0.2, 0) is 32.7 Å². The summed E-state index contributed by atoms with van der Waals surface area (Å²) in [6.07, 6.45) is 41.5. The third kappa shape index (κ3) is 39.5. The number of nitrogens with zero attached hydrogens (tertiary/aromatic N) is 1. The summed E-state index contributed by atoms with van der Waals surface area (Å²) in [7, 11) is -0.729. The number of carbonyl (C=O) groups is 2. The standard InChI is InChI=1S/C43H78NO8P/c1-5-7-9-11-13-15-17-19-20-21-22-24-25-27-29-31-33-35-42(45)49-39-41(40-51-53(47,48)50-38-37-44(3)4)52-43(46)36-34-32-30-28-26-23-18-16-14-12-10-8-6-2/h13,15-16,18-20,22,24,41H,5-12,14,17,21,23,25-40H2,1-4H3,(H,47,48)/b15-13-,18-16-,20-19-,24-22-. The van der Waals surface area contributed by atoms with E-state index in [1.807, 2.05) is 19.0 Å². The van der Waals surface area contributed by atoms with Gasteiger partial charge in [0.1, 0.15) is 6.61 Å². The van der Waals surface area contributed by atoms with Crippen LogP contribution in [0.1, 0.15) is 168 Å². The molecule has 9 nitrogen and oxygen atoms in total.